The summed E-state index contributed by atoms with van der Waals surface area (Å²) in [6, 6.07) is 4.70. The lowest BCUT2D eigenvalue weighted by molar-refractivity contribution is 0.279. The molecular weight excluding hydrogens is 226 g/mol. The second-order valence-electron chi connectivity index (χ2n) is 5.09. The molecule has 1 aromatic rings. The Morgan fingerprint density at radius 3 is 3.00 bits per heavy atom. The molecule has 0 bridgehead atoms. The van der Waals surface area contributed by atoms with Crippen molar-refractivity contribution in [1.82, 2.24) is 4.98 Å². The van der Waals surface area contributed by atoms with Gasteiger partial charge in [0.25, 0.3) is 0 Å². The number of nitrogens with zero attached hydrogens (tertiary/aromatic N) is 2. The predicted molar refractivity (Wildman–Crippen MR) is 73.5 cm³/mol. The molecule has 0 amide bonds. The third kappa shape index (κ3) is 3.00. The highest BCUT2D eigenvalue weighted by Gasteiger charge is 2.24. The van der Waals surface area contributed by atoms with Crippen molar-refractivity contribution in [3.8, 4) is 0 Å². The van der Waals surface area contributed by atoms with Crippen LogP contribution in [-0.4, -0.2) is 29.3 Å². The molecule has 2 rings (SSSR count). The van der Waals surface area contributed by atoms with Crippen molar-refractivity contribution in [1.29, 1.82) is 0 Å². The summed E-state index contributed by atoms with van der Waals surface area (Å²) in [5.74, 6) is 1.04. The van der Waals surface area contributed by atoms with Gasteiger partial charge in [-0.25, -0.2) is 4.98 Å². The molecule has 3 N–H and O–H groups in total. The molecule has 2 atom stereocenters. The van der Waals surface area contributed by atoms with Gasteiger partial charge in [0.2, 0.25) is 0 Å². The summed E-state index contributed by atoms with van der Waals surface area (Å²) in [5.41, 5.74) is 6.90. The molecule has 0 aliphatic carbocycles. The van der Waals surface area contributed by atoms with Crippen LogP contribution in [0.3, 0.4) is 0 Å². The van der Waals surface area contributed by atoms with Crippen molar-refractivity contribution < 1.29 is 5.11 Å². The second kappa shape index (κ2) is 6.16. The molecule has 1 aliphatic rings. The Labute approximate surface area is 109 Å². The molecule has 0 saturated carbocycles. The van der Waals surface area contributed by atoms with E-state index in [2.05, 4.69) is 22.0 Å². The summed E-state index contributed by atoms with van der Waals surface area (Å²) in [4.78, 5) is 6.89. The van der Waals surface area contributed by atoms with E-state index in [1.165, 1.54) is 12.8 Å². The summed E-state index contributed by atoms with van der Waals surface area (Å²) in [5, 5.41) is 8.93. The largest absolute Gasteiger partial charge is 0.396 e. The number of pyridine rings is 1. The summed E-state index contributed by atoms with van der Waals surface area (Å²) < 4.78 is 0. The van der Waals surface area contributed by atoms with Crippen LogP contribution in [0.2, 0.25) is 0 Å². The van der Waals surface area contributed by atoms with Crippen molar-refractivity contribution in [2.45, 2.75) is 44.7 Å². The van der Waals surface area contributed by atoms with Crippen molar-refractivity contribution in [2.75, 3.05) is 18.1 Å². The predicted octanol–water partition coefficient (Wildman–Crippen LogP) is 1.84. The van der Waals surface area contributed by atoms with Crippen molar-refractivity contribution in [3.63, 3.8) is 0 Å². The Bertz CT molecular complexity index is 364. The molecule has 18 heavy (non-hydrogen) atoms. The number of hydrogen-bond acceptors (Lipinski definition) is 4. The lowest BCUT2D eigenvalue weighted by Crippen LogP contribution is -2.30. The van der Waals surface area contributed by atoms with E-state index >= 15 is 0 Å². The molecule has 1 saturated heterocycles. The minimum Gasteiger partial charge on any atom is -0.396 e. The summed E-state index contributed by atoms with van der Waals surface area (Å²) in [6.07, 6.45) is 6.22. The van der Waals surface area contributed by atoms with Gasteiger partial charge in [0.15, 0.2) is 0 Å². The highest BCUT2D eigenvalue weighted by molar-refractivity contribution is 5.42. The fourth-order valence-corrected chi connectivity index (χ4v) is 2.60. The van der Waals surface area contributed by atoms with E-state index in [9.17, 15) is 0 Å². The van der Waals surface area contributed by atoms with Crippen LogP contribution in [0.5, 0.6) is 0 Å². The van der Waals surface area contributed by atoms with Crippen LogP contribution in [0.4, 0.5) is 5.82 Å². The lowest BCUT2D eigenvalue weighted by atomic mass is 10.1. The molecule has 2 heterocycles. The fraction of sp³-hybridized carbons (Fsp3) is 0.643. The molecule has 1 unspecified atom stereocenters. The topological polar surface area (TPSA) is 62.4 Å². The zero-order chi connectivity index (χ0) is 13.0. The number of hydrogen-bond donors (Lipinski definition) is 2. The standard InChI is InChI=1S/C14H23N3O/c1-11(15)12-6-7-14(16-10-12)17-8-2-4-13(17)5-3-9-18/h6-7,10-11,13,18H,2-5,8-9,15H2,1H3/t11-,13?/m1/s1. The molecule has 0 aromatic carbocycles. The van der Waals surface area contributed by atoms with E-state index < -0.39 is 0 Å². The van der Waals surface area contributed by atoms with Gasteiger partial charge in [-0.2, -0.15) is 0 Å². The third-order valence-corrected chi connectivity index (χ3v) is 3.66. The van der Waals surface area contributed by atoms with E-state index in [1.807, 2.05) is 13.1 Å². The smallest absolute Gasteiger partial charge is 0.128 e. The van der Waals surface area contributed by atoms with E-state index in [0.717, 1.165) is 30.8 Å². The van der Waals surface area contributed by atoms with Gasteiger partial charge in [0, 0.05) is 31.4 Å². The van der Waals surface area contributed by atoms with Gasteiger partial charge in [0.1, 0.15) is 5.82 Å². The monoisotopic (exact) mass is 249 g/mol. The molecule has 4 nitrogen and oxygen atoms in total. The zero-order valence-electron chi connectivity index (χ0n) is 11.0. The van der Waals surface area contributed by atoms with Crippen molar-refractivity contribution in [3.05, 3.63) is 23.9 Å². The van der Waals surface area contributed by atoms with Gasteiger partial charge in [-0.3, -0.25) is 0 Å². The van der Waals surface area contributed by atoms with Crippen LogP contribution in [0, 0.1) is 0 Å². The van der Waals surface area contributed by atoms with E-state index in [-0.39, 0.29) is 12.6 Å². The number of nitrogens with two attached hydrogens (primary N) is 1. The minimum atomic E-state index is 0.0373. The average molecular weight is 249 g/mol. The lowest BCUT2D eigenvalue weighted by Gasteiger charge is -2.25. The SMILES string of the molecule is C[C@@H](N)c1ccc(N2CCCC2CCCO)nc1. The first-order valence-corrected chi connectivity index (χ1v) is 6.81. The van der Waals surface area contributed by atoms with Crippen LogP contribution in [0.15, 0.2) is 18.3 Å². The van der Waals surface area contributed by atoms with Crippen molar-refractivity contribution >= 4 is 5.82 Å². The van der Waals surface area contributed by atoms with Crippen LogP contribution < -0.4 is 10.6 Å². The molecule has 1 aromatic heterocycles. The molecule has 0 radical (unpaired) electrons. The highest BCUT2D eigenvalue weighted by Crippen LogP contribution is 2.27. The Kier molecular flexibility index (Phi) is 4.55. The number of aliphatic hydroxyl groups excluding tert-OH is 1. The number of aromatic nitrogens is 1. The summed E-state index contributed by atoms with van der Waals surface area (Å²) in [6.45, 7) is 3.32. The Morgan fingerprint density at radius 2 is 2.39 bits per heavy atom. The van der Waals surface area contributed by atoms with Crippen LogP contribution in [0.25, 0.3) is 0 Å². The maximum absolute atomic E-state index is 8.93. The van der Waals surface area contributed by atoms with Gasteiger partial charge in [-0.1, -0.05) is 6.07 Å². The van der Waals surface area contributed by atoms with Crippen LogP contribution in [-0.2, 0) is 0 Å². The van der Waals surface area contributed by atoms with E-state index in [0.29, 0.717) is 6.04 Å². The molecule has 1 fully saturated rings. The number of anilines is 1. The maximum atomic E-state index is 8.93. The molecular formula is C14H23N3O. The summed E-state index contributed by atoms with van der Waals surface area (Å²) >= 11 is 0. The van der Waals surface area contributed by atoms with Crippen LogP contribution >= 0.6 is 0 Å². The first kappa shape index (κ1) is 13.3. The van der Waals surface area contributed by atoms with Gasteiger partial charge in [0.05, 0.1) is 0 Å². The molecule has 0 spiro atoms. The van der Waals surface area contributed by atoms with Gasteiger partial charge in [-0.05, 0) is 44.2 Å². The zero-order valence-corrected chi connectivity index (χ0v) is 11.0. The Hall–Kier alpha value is -1.13. The first-order chi connectivity index (χ1) is 8.72. The maximum Gasteiger partial charge on any atom is 0.128 e. The van der Waals surface area contributed by atoms with Crippen molar-refractivity contribution in [2.24, 2.45) is 5.73 Å². The Balaban J connectivity index is 2.05. The summed E-state index contributed by atoms with van der Waals surface area (Å²) in [7, 11) is 0. The quantitative estimate of drug-likeness (QED) is 0.836. The molecule has 4 heteroatoms. The Morgan fingerprint density at radius 1 is 1.56 bits per heavy atom. The molecule has 100 valence electrons. The third-order valence-electron chi connectivity index (χ3n) is 3.66. The van der Waals surface area contributed by atoms with Gasteiger partial charge < -0.3 is 15.7 Å². The first-order valence-electron chi connectivity index (χ1n) is 6.81. The average Bonchev–Trinajstić information content (AvgIpc) is 2.84. The minimum absolute atomic E-state index is 0.0373. The van der Waals surface area contributed by atoms with E-state index in [1.54, 1.807) is 0 Å². The second-order valence-corrected chi connectivity index (χ2v) is 5.09. The van der Waals surface area contributed by atoms with E-state index in [4.69, 9.17) is 10.8 Å². The van der Waals surface area contributed by atoms with Crippen LogP contribution in [0.1, 0.15) is 44.2 Å². The van der Waals surface area contributed by atoms with Gasteiger partial charge >= 0.3 is 0 Å². The number of aliphatic hydroxyl groups is 1. The highest BCUT2D eigenvalue weighted by atomic mass is 16.2. The number of rotatable bonds is 5. The molecule has 1 aliphatic heterocycles. The van der Waals surface area contributed by atoms with Gasteiger partial charge in [-0.15, -0.1) is 0 Å². The normalized spacial score (nSPS) is 21.3. The fourth-order valence-electron chi connectivity index (χ4n) is 2.60.